The SMILES string of the molecule is O=C(OC1[C@@H]2CCC[C@H]1CNC2)[C@](O)(c1ccccc1)C1CCCC1. The van der Waals surface area contributed by atoms with Crippen LogP contribution in [0.4, 0.5) is 0 Å². The summed E-state index contributed by atoms with van der Waals surface area (Å²) in [6.45, 7) is 1.84. The Hall–Kier alpha value is -1.39. The van der Waals surface area contributed by atoms with Gasteiger partial charge < -0.3 is 15.2 Å². The highest BCUT2D eigenvalue weighted by Gasteiger charge is 2.50. The second-order valence-corrected chi connectivity index (χ2v) is 8.09. The maximum atomic E-state index is 13.3. The first-order valence-electron chi connectivity index (χ1n) is 9.89. The lowest BCUT2D eigenvalue weighted by atomic mass is 9.75. The highest BCUT2D eigenvalue weighted by atomic mass is 16.6. The molecule has 1 heterocycles. The normalized spacial score (nSPS) is 32.1. The van der Waals surface area contributed by atoms with Crippen LogP contribution in [0.3, 0.4) is 0 Å². The van der Waals surface area contributed by atoms with Crippen molar-refractivity contribution in [3.63, 3.8) is 0 Å². The number of rotatable bonds is 4. The predicted molar refractivity (Wildman–Crippen MR) is 95.9 cm³/mol. The molecule has 3 aliphatic rings. The van der Waals surface area contributed by atoms with Gasteiger partial charge in [-0.2, -0.15) is 0 Å². The van der Waals surface area contributed by atoms with Gasteiger partial charge in [0.1, 0.15) is 6.10 Å². The Morgan fingerprint density at radius 1 is 1.00 bits per heavy atom. The molecule has 1 saturated heterocycles. The molecule has 1 aliphatic heterocycles. The molecule has 1 aromatic carbocycles. The van der Waals surface area contributed by atoms with Crippen LogP contribution in [0.5, 0.6) is 0 Å². The summed E-state index contributed by atoms with van der Waals surface area (Å²) in [7, 11) is 0. The van der Waals surface area contributed by atoms with E-state index in [2.05, 4.69) is 5.32 Å². The number of ether oxygens (including phenoxy) is 1. The summed E-state index contributed by atoms with van der Waals surface area (Å²) in [5.41, 5.74) is -0.817. The second-order valence-electron chi connectivity index (χ2n) is 8.09. The van der Waals surface area contributed by atoms with E-state index >= 15 is 0 Å². The number of fused-ring (bicyclic) bond motifs is 2. The van der Waals surface area contributed by atoms with Gasteiger partial charge in [-0.1, -0.05) is 49.6 Å². The molecule has 2 aliphatic carbocycles. The summed E-state index contributed by atoms with van der Waals surface area (Å²) in [5.74, 6) is 0.318. The van der Waals surface area contributed by atoms with Crippen LogP contribution in [-0.2, 0) is 15.1 Å². The van der Waals surface area contributed by atoms with E-state index < -0.39 is 11.6 Å². The van der Waals surface area contributed by atoms with Gasteiger partial charge in [0.2, 0.25) is 0 Å². The fourth-order valence-corrected chi connectivity index (χ4v) is 5.21. The van der Waals surface area contributed by atoms with E-state index in [0.717, 1.165) is 51.6 Å². The maximum Gasteiger partial charge on any atom is 0.343 e. The summed E-state index contributed by atoms with van der Waals surface area (Å²) < 4.78 is 6.06. The molecule has 0 spiro atoms. The molecule has 0 aromatic heterocycles. The third-order valence-corrected chi connectivity index (χ3v) is 6.61. The van der Waals surface area contributed by atoms with E-state index in [0.29, 0.717) is 17.4 Å². The lowest BCUT2D eigenvalue weighted by Crippen LogP contribution is -2.54. The molecule has 136 valence electrons. The minimum Gasteiger partial charge on any atom is -0.459 e. The number of benzene rings is 1. The topological polar surface area (TPSA) is 58.6 Å². The van der Waals surface area contributed by atoms with Gasteiger partial charge in [-0.15, -0.1) is 0 Å². The Morgan fingerprint density at radius 3 is 2.28 bits per heavy atom. The van der Waals surface area contributed by atoms with Crippen molar-refractivity contribution in [1.29, 1.82) is 0 Å². The third-order valence-electron chi connectivity index (χ3n) is 6.61. The molecule has 25 heavy (non-hydrogen) atoms. The smallest absolute Gasteiger partial charge is 0.343 e. The summed E-state index contributed by atoms with van der Waals surface area (Å²) in [6.07, 6.45) is 7.32. The fourth-order valence-electron chi connectivity index (χ4n) is 5.21. The van der Waals surface area contributed by atoms with E-state index in [1.807, 2.05) is 30.3 Å². The zero-order chi connectivity index (χ0) is 17.3. The minimum atomic E-state index is -1.50. The van der Waals surface area contributed by atoms with E-state index in [9.17, 15) is 9.90 Å². The Balaban J connectivity index is 1.60. The van der Waals surface area contributed by atoms with E-state index in [1.54, 1.807) is 0 Å². The average Bonchev–Trinajstić information content (AvgIpc) is 3.16. The number of piperidine rings is 1. The molecule has 1 aromatic rings. The Labute approximate surface area is 150 Å². The van der Waals surface area contributed by atoms with Crippen LogP contribution < -0.4 is 5.32 Å². The van der Waals surface area contributed by atoms with Crippen LogP contribution in [0.2, 0.25) is 0 Å². The van der Waals surface area contributed by atoms with Crippen LogP contribution in [0.1, 0.15) is 50.5 Å². The number of carbonyl (C=O) groups excluding carboxylic acids is 1. The fraction of sp³-hybridized carbons (Fsp3) is 0.667. The quantitative estimate of drug-likeness (QED) is 0.825. The van der Waals surface area contributed by atoms with Crippen molar-refractivity contribution in [2.75, 3.05) is 13.1 Å². The highest BCUT2D eigenvalue weighted by Crippen LogP contribution is 2.43. The van der Waals surface area contributed by atoms with Crippen molar-refractivity contribution in [1.82, 2.24) is 5.32 Å². The van der Waals surface area contributed by atoms with Crippen LogP contribution in [0.15, 0.2) is 30.3 Å². The molecule has 3 fully saturated rings. The Morgan fingerprint density at radius 2 is 1.64 bits per heavy atom. The van der Waals surface area contributed by atoms with Gasteiger partial charge in [-0.25, -0.2) is 4.79 Å². The highest BCUT2D eigenvalue weighted by molar-refractivity contribution is 5.82. The maximum absolute atomic E-state index is 13.3. The zero-order valence-electron chi connectivity index (χ0n) is 14.8. The van der Waals surface area contributed by atoms with Gasteiger partial charge in [-0.3, -0.25) is 0 Å². The molecular weight excluding hydrogens is 314 g/mol. The number of hydrogen-bond acceptors (Lipinski definition) is 4. The van der Waals surface area contributed by atoms with Gasteiger partial charge >= 0.3 is 5.97 Å². The van der Waals surface area contributed by atoms with Gasteiger partial charge in [0.05, 0.1) is 0 Å². The van der Waals surface area contributed by atoms with Crippen LogP contribution in [0.25, 0.3) is 0 Å². The minimum absolute atomic E-state index is 0.0380. The number of hydrogen-bond donors (Lipinski definition) is 2. The van der Waals surface area contributed by atoms with Crippen LogP contribution in [0, 0.1) is 17.8 Å². The van der Waals surface area contributed by atoms with E-state index in [-0.39, 0.29) is 12.0 Å². The standard InChI is InChI=1S/C21H29NO3/c23-20(25-19-15-7-6-8-16(19)14-22-13-15)21(24,18-11-4-5-12-18)17-9-2-1-3-10-17/h1-3,9-10,15-16,18-19,22,24H,4-8,11-14H2/t15-,16+,19?,21-/m0/s1. The van der Waals surface area contributed by atoms with Crippen molar-refractivity contribution in [2.45, 2.75) is 56.7 Å². The largest absolute Gasteiger partial charge is 0.459 e. The second kappa shape index (κ2) is 7.08. The molecule has 2 saturated carbocycles. The van der Waals surface area contributed by atoms with Gasteiger partial charge in [-0.05, 0) is 31.2 Å². The monoisotopic (exact) mass is 343 g/mol. The van der Waals surface area contributed by atoms with E-state index in [1.165, 1.54) is 6.42 Å². The van der Waals surface area contributed by atoms with Gasteiger partial charge in [0.15, 0.2) is 5.60 Å². The molecule has 0 radical (unpaired) electrons. The number of esters is 1. The molecule has 4 heteroatoms. The molecule has 2 bridgehead atoms. The zero-order valence-corrected chi connectivity index (χ0v) is 14.8. The van der Waals surface area contributed by atoms with Crippen molar-refractivity contribution in [2.24, 2.45) is 17.8 Å². The number of nitrogens with one attached hydrogen (secondary N) is 1. The Bertz CT molecular complexity index is 576. The molecule has 4 nitrogen and oxygen atoms in total. The first-order valence-corrected chi connectivity index (χ1v) is 9.89. The Kier molecular flexibility index (Phi) is 4.83. The molecule has 0 amide bonds. The predicted octanol–water partition coefficient (Wildman–Crippen LogP) is 3.00. The summed E-state index contributed by atoms with van der Waals surface area (Å²) in [5, 5.41) is 15.0. The van der Waals surface area contributed by atoms with Gasteiger partial charge in [0.25, 0.3) is 0 Å². The first kappa shape index (κ1) is 17.0. The lowest BCUT2D eigenvalue weighted by molar-refractivity contribution is -0.188. The molecular formula is C21H29NO3. The lowest BCUT2D eigenvalue weighted by Gasteiger charge is -2.43. The third kappa shape index (κ3) is 3.11. The van der Waals surface area contributed by atoms with Crippen molar-refractivity contribution >= 4 is 5.97 Å². The first-order chi connectivity index (χ1) is 12.2. The summed E-state index contributed by atoms with van der Waals surface area (Å²) >= 11 is 0. The van der Waals surface area contributed by atoms with Crippen LogP contribution in [-0.4, -0.2) is 30.3 Å². The molecule has 4 rings (SSSR count). The summed E-state index contributed by atoms with van der Waals surface area (Å²) in [4.78, 5) is 13.3. The van der Waals surface area contributed by atoms with Crippen molar-refractivity contribution in [3.8, 4) is 0 Å². The number of aliphatic hydroxyl groups is 1. The van der Waals surface area contributed by atoms with E-state index in [4.69, 9.17) is 4.74 Å². The average molecular weight is 343 g/mol. The number of carbonyl (C=O) groups is 1. The summed E-state index contributed by atoms with van der Waals surface area (Å²) in [6, 6.07) is 9.43. The molecule has 4 atom stereocenters. The molecule has 2 N–H and O–H groups in total. The van der Waals surface area contributed by atoms with Crippen LogP contribution >= 0.6 is 0 Å². The van der Waals surface area contributed by atoms with Crippen molar-refractivity contribution < 1.29 is 14.6 Å². The van der Waals surface area contributed by atoms with Crippen molar-refractivity contribution in [3.05, 3.63) is 35.9 Å². The van der Waals surface area contributed by atoms with Gasteiger partial charge in [0, 0.05) is 30.8 Å². The molecule has 1 unspecified atom stereocenters.